The molecule has 0 radical (unpaired) electrons. The van der Waals surface area contributed by atoms with Gasteiger partial charge in [0.1, 0.15) is 11.6 Å². The summed E-state index contributed by atoms with van der Waals surface area (Å²) in [5.74, 6) is -1.38. The van der Waals surface area contributed by atoms with Crippen molar-refractivity contribution in [3.63, 3.8) is 0 Å². The maximum absolute atomic E-state index is 12.0. The molecule has 0 aliphatic heterocycles. The molecule has 114 valence electrons. The Morgan fingerprint density at radius 3 is 2.52 bits per heavy atom. The molecule has 0 saturated carbocycles. The van der Waals surface area contributed by atoms with E-state index in [4.69, 9.17) is 5.26 Å². The Kier molecular flexibility index (Phi) is 4.69. The fourth-order valence-electron chi connectivity index (χ4n) is 1.80. The maximum atomic E-state index is 12.0. The van der Waals surface area contributed by atoms with Gasteiger partial charge < -0.3 is 10.4 Å². The first kappa shape index (κ1) is 15.7. The molecule has 7 nitrogen and oxygen atoms in total. The number of carbonyl (C=O) groups excluding carboxylic acids is 1. The van der Waals surface area contributed by atoms with Gasteiger partial charge in [0, 0.05) is 11.8 Å². The lowest BCUT2D eigenvalue weighted by Gasteiger charge is -2.07. The second kappa shape index (κ2) is 6.87. The summed E-state index contributed by atoms with van der Waals surface area (Å²) in [5, 5.41) is 33.7. The van der Waals surface area contributed by atoms with Crippen LogP contribution in [0.2, 0.25) is 0 Å². The lowest BCUT2D eigenvalue weighted by atomic mass is 10.1. The van der Waals surface area contributed by atoms with Gasteiger partial charge in [0.15, 0.2) is 0 Å². The molecule has 1 amide bonds. The number of para-hydroxylation sites is 1. The Hall–Kier alpha value is -3.66. The lowest BCUT2D eigenvalue weighted by molar-refractivity contribution is -0.398. The van der Waals surface area contributed by atoms with E-state index in [0.717, 1.165) is 12.1 Å². The first-order valence-corrected chi connectivity index (χ1v) is 6.45. The van der Waals surface area contributed by atoms with Crippen LogP contribution in [0.4, 0.5) is 11.4 Å². The third-order valence-electron chi connectivity index (χ3n) is 2.89. The summed E-state index contributed by atoms with van der Waals surface area (Å²) in [7, 11) is 0. The molecule has 1 N–H and O–H groups in total. The number of nitro groups is 1. The zero-order valence-corrected chi connectivity index (χ0v) is 11.7. The average molecular weight is 308 g/mol. The SMILES string of the molecule is N#C/C(=C/c1ccc([O-])c([N+](=O)[O-])c1)C(=O)Nc1ccccc1. The van der Waals surface area contributed by atoms with E-state index >= 15 is 0 Å². The minimum absolute atomic E-state index is 0.219. The van der Waals surface area contributed by atoms with E-state index in [1.807, 2.05) is 0 Å². The van der Waals surface area contributed by atoms with Gasteiger partial charge in [0.2, 0.25) is 0 Å². The molecular weight excluding hydrogens is 298 g/mol. The molecule has 2 aromatic carbocycles. The van der Waals surface area contributed by atoms with E-state index in [1.54, 1.807) is 36.4 Å². The highest BCUT2D eigenvalue weighted by molar-refractivity contribution is 6.09. The number of nitro benzene ring substituents is 1. The van der Waals surface area contributed by atoms with Crippen LogP contribution in [0.25, 0.3) is 6.08 Å². The maximum Gasteiger partial charge on any atom is 0.266 e. The highest BCUT2D eigenvalue weighted by Crippen LogP contribution is 2.25. The van der Waals surface area contributed by atoms with Crippen molar-refractivity contribution in [3.8, 4) is 11.8 Å². The first-order chi connectivity index (χ1) is 11.0. The van der Waals surface area contributed by atoms with Crippen LogP contribution in [0.5, 0.6) is 5.75 Å². The quantitative estimate of drug-likeness (QED) is 0.402. The molecule has 23 heavy (non-hydrogen) atoms. The van der Waals surface area contributed by atoms with Crippen LogP contribution in [0.3, 0.4) is 0 Å². The molecule has 2 aromatic rings. The minimum Gasteiger partial charge on any atom is -0.868 e. The van der Waals surface area contributed by atoms with Crippen molar-refractivity contribution < 1.29 is 14.8 Å². The van der Waals surface area contributed by atoms with Gasteiger partial charge in [-0.25, -0.2) is 0 Å². The van der Waals surface area contributed by atoms with E-state index in [1.165, 1.54) is 12.1 Å². The van der Waals surface area contributed by atoms with Crippen molar-refractivity contribution in [1.82, 2.24) is 0 Å². The number of rotatable bonds is 4. The highest BCUT2D eigenvalue weighted by Gasteiger charge is 2.11. The zero-order valence-electron chi connectivity index (χ0n) is 11.7. The van der Waals surface area contributed by atoms with Crippen LogP contribution in [-0.2, 0) is 4.79 Å². The topological polar surface area (TPSA) is 119 Å². The predicted molar refractivity (Wildman–Crippen MR) is 81.2 cm³/mol. The van der Waals surface area contributed by atoms with Gasteiger partial charge >= 0.3 is 0 Å². The predicted octanol–water partition coefficient (Wildman–Crippen LogP) is 2.21. The summed E-state index contributed by atoms with van der Waals surface area (Å²) in [6, 6.07) is 13.6. The molecule has 0 fully saturated rings. The number of amides is 1. The molecule has 0 aliphatic carbocycles. The lowest BCUT2D eigenvalue weighted by Crippen LogP contribution is -2.13. The van der Waals surface area contributed by atoms with Crippen molar-refractivity contribution >= 4 is 23.4 Å². The van der Waals surface area contributed by atoms with Crippen molar-refractivity contribution in [2.75, 3.05) is 5.32 Å². The van der Waals surface area contributed by atoms with Crippen molar-refractivity contribution in [1.29, 1.82) is 5.26 Å². The third-order valence-corrected chi connectivity index (χ3v) is 2.89. The standard InChI is InChI=1S/C16H11N3O4/c17-10-12(16(21)18-13-4-2-1-3-5-13)8-11-6-7-15(20)14(9-11)19(22)23/h1-9,20H,(H,18,21)/p-1/b12-8-. The fraction of sp³-hybridized carbons (Fsp3) is 0. The molecule has 0 aromatic heterocycles. The van der Waals surface area contributed by atoms with Gasteiger partial charge in [-0.2, -0.15) is 5.26 Å². The number of hydrogen-bond acceptors (Lipinski definition) is 5. The summed E-state index contributed by atoms with van der Waals surface area (Å²) in [5.41, 5.74) is -0.114. The van der Waals surface area contributed by atoms with Gasteiger partial charge in [0.25, 0.3) is 11.6 Å². The average Bonchev–Trinajstić information content (AvgIpc) is 2.54. The monoisotopic (exact) mass is 308 g/mol. The van der Waals surface area contributed by atoms with Gasteiger partial charge in [-0.1, -0.05) is 30.3 Å². The molecule has 0 unspecified atom stereocenters. The smallest absolute Gasteiger partial charge is 0.266 e. The van der Waals surface area contributed by atoms with Crippen LogP contribution < -0.4 is 10.4 Å². The number of nitrogens with one attached hydrogen (secondary N) is 1. The number of anilines is 1. The van der Waals surface area contributed by atoms with Gasteiger partial charge in [-0.15, -0.1) is 0 Å². The van der Waals surface area contributed by atoms with Crippen LogP contribution in [-0.4, -0.2) is 10.8 Å². The van der Waals surface area contributed by atoms with Gasteiger partial charge in [-0.05, 0) is 29.5 Å². The van der Waals surface area contributed by atoms with E-state index in [2.05, 4.69) is 5.32 Å². The number of benzene rings is 2. The Morgan fingerprint density at radius 1 is 1.22 bits per heavy atom. The largest absolute Gasteiger partial charge is 0.868 e. The fourth-order valence-corrected chi connectivity index (χ4v) is 1.80. The Labute approximate surface area is 131 Å². The van der Waals surface area contributed by atoms with E-state index in [9.17, 15) is 20.0 Å². The molecule has 0 bridgehead atoms. The van der Waals surface area contributed by atoms with E-state index in [0.29, 0.717) is 5.69 Å². The van der Waals surface area contributed by atoms with Crippen LogP contribution in [0, 0.1) is 21.4 Å². The van der Waals surface area contributed by atoms with E-state index in [-0.39, 0.29) is 11.1 Å². The Bertz CT molecular complexity index is 823. The third kappa shape index (κ3) is 3.92. The summed E-state index contributed by atoms with van der Waals surface area (Å²) in [6.45, 7) is 0. The molecule has 2 rings (SSSR count). The zero-order chi connectivity index (χ0) is 16.8. The second-order valence-corrected chi connectivity index (χ2v) is 4.47. The summed E-state index contributed by atoms with van der Waals surface area (Å²) in [6.07, 6.45) is 1.19. The molecular formula is C16H10N3O4-. The Balaban J connectivity index is 2.28. The van der Waals surface area contributed by atoms with Crippen molar-refractivity contribution in [3.05, 3.63) is 69.8 Å². The molecule has 0 atom stereocenters. The number of carbonyl (C=O) groups is 1. The Morgan fingerprint density at radius 2 is 1.91 bits per heavy atom. The van der Waals surface area contributed by atoms with Gasteiger partial charge in [0.05, 0.1) is 4.92 Å². The summed E-state index contributed by atoms with van der Waals surface area (Å²) >= 11 is 0. The van der Waals surface area contributed by atoms with Crippen LogP contribution >= 0.6 is 0 Å². The second-order valence-electron chi connectivity index (χ2n) is 4.47. The van der Waals surface area contributed by atoms with Gasteiger partial charge in [-0.3, -0.25) is 14.9 Å². The molecule has 7 heteroatoms. The summed E-state index contributed by atoms with van der Waals surface area (Å²) in [4.78, 5) is 22.0. The normalized spacial score (nSPS) is 10.7. The molecule has 0 aliphatic rings. The van der Waals surface area contributed by atoms with E-state index < -0.39 is 22.3 Å². The summed E-state index contributed by atoms with van der Waals surface area (Å²) < 4.78 is 0. The number of nitriles is 1. The molecule has 0 spiro atoms. The van der Waals surface area contributed by atoms with Crippen molar-refractivity contribution in [2.45, 2.75) is 0 Å². The van der Waals surface area contributed by atoms with Crippen LogP contribution in [0.1, 0.15) is 5.56 Å². The van der Waals surface area contributed by atoms with Crippen molar-refractivity contribution in [2.24, 2.45) is 0 Å². The highest BCUT2D eigenvalue weighted by atomic mass is 16.6. The minimum atomic E-state index is -0.810. The number of nitrogens with zero attached hydrogens (tertiary/aromatic N) is 2. The number of hydrogen-bond donors (Lipinski definition) is 1. The first-order valence-electron chi connectivity index (χ1n) is 6.45. The molecule has 0 saturated heterocycles. The molecule has 0 heterocycles. The van der Waals surface area contributed by atoms with Crippen LogP contribution in [0.15, 0.2) is 54.1 Å².